The number of fused-ring (bicyclic) bond motifs is 5. The molecule has 0 unspecified atom stereocenters. The summed E-state index contributed by atoms with van der Waals surface area (Å²) in [6.45, 7) is 7.70. The summed E-state index contributed by atoms with van der Waals surface area (Å²) < 4.78 is 1.93. The molecule has 158 valence electrons. The Hall–Kier alpha value is -1.42. The number of aryl methyl sites for hydroxylation is 1. The number of allylic oxidation sites excluding steroid dienone is 1. The number of hydrogen-bond donors (Lipinski definition) is 1. The van der Waals surface area contributed by atoms with Crippen LogP contribution in [0.1, 0.15) is 77.8 Å². The van der Waals surface area contributed by atoms with Crippen molar-refractivity contribution in [3.63, 3.8) is 0 Å². The van der Waals surface area contributed by atoms with Gasteiger partial charge in [0.05, 0.1) is 11.8 Å². The average Bonchev–Trinajstić information content (AvgIpc) is 3.26. The van der Waals surface area contributed by atoms with Gasteiger partial charge in [-0.3, -0.25) is 9.48 Å². The first-order valence-corrected chi connectivity index (χ1v) is 11.8. The van der Waals surface area contributed by atoms with E-state index in [0.29, 0.717) is 29.0 Å². The van der Waals surface area contributed by atoms with Crippen molar-refractivity contribution in [2.75, 3.05) is 0 Å². The number of ketones is 1. The van der Waals surface area contributed by atoms with Gasteiger partial charge in [-0.2, -0.15) is 5.10 Å². The Kier molecular flexibility index (Phi) is 4.58. The minimum Gasteiger partial charge on any atom is -0.393 e. The first-order chi connectivity index (χ1) is 13.8. The van der Waals surface area contributed by atoms with Crippen molar-refractivity contribution in [2.45, 2.75) is 84.8 Å². The average molecular weight is 397 g/mol. The minimum absolute atomic E-state index is 0.0935. The van der Waals surface area contributed by atoms with Crippen LogP contribution in [-0.2, 0) is 11.3 Å². The fourth-order valence-corrected chi connectivity index (χ4v) is 7.84. The van der Waals surface area contributed by atoms with Crippen LogP contribution in [0.3, 0.4) is 0 Å². The maximum Gasteiger partial charge on any atom is 0.165 e. The number of aromatic nitrogens is 2. The lowest BCUT2D eigenvalue weighted by Crippen LogP contribution is -2.54. The minimum atomic E-state index is -0.183. The molecule has 29 heavy (non-hydrogen) atoms. The van der Waals surface area contributed by atoms with Crippen molar-refractivity contribution in [1.82, 2.24) is 9.78 Å². The molecule has 4 aliphatic carbocycles. The smallest absolute Gasteiger partial charge is 0.165 e. The van der Waals surface area contributed by atoms with Crippen molar-refractivity contribution >= 4 is 11.9 Å². The summed E-state index contributed by atoms with van der Waals surface area (Å²) in [7, 11) is 0. The highest BCUT2D eigenvalue weighted by atomic mass is 16.3. The molecule has 0 aromatic carbocycles. The van der Waals surface area contributed by atoms with Crippen LogP contribution in [0.5, 0.6) is 0 Å². The van der Waals surface area contributed by atoms with Gasteiger partial charge in [-0.15, -0.1) is 0 Å². The molecule has 0 radical (unpaired) electrons. The second-order valence-electron chi connectivity index (χ2n) is 10.8. The third kappa shape index (κ3) is 2.89. The topological polar surface area (TPSA) is 55.1 Å². The zero-order valence-corrected chi connectivity index (χ0v) is 18.2. The van der Waals surface area contributed by atoms with Gasteiger partial charge in [0.2, 0.25) is 0 Å². The van der Waals surface area contributed by atoms with E-state index in [1.54, 1.807) is 0 Å². The summed E-state index contributed by atoms with van der Waals surface area (Å²) in [5, 5.41) is 14.8. The van der Waals surface area contributed by atoms with Crippen LogP contribution >= 0.6 is 0 Å². The molecule has 0 amide bonds. The van der Waals surface area contributed by atoms with Gasteiger partial charge in [0.1, 0.15) is 0 Å². The molecule has 0 spiro atoms. The number of carbonyl (C=O) groups excluding carboxylic acids is 1. The Morgan fingerprint density at radius 1 is 1.21 bits per heavy atom. The molecule has 4 fully saturated rings. The molecular formula is C25H36N2O2. The Balaban J connectivity index is 1.43. The molecule has 1 aromatic rings. The summed E-state index contributed by atoms with van der Waals surface area (Å²) in [5.74, 6) is 2.92. The number of nitrogens with zero attached hydrogens (tertiary/aromatic N) is 2. The molecule has 1 heterocycles. The second kappa shape index (κ2) is 6.80. The van der Waals surface area contributed by atoms with Crippen molar-refractivity contribution in [3.8, 4) is 0 Å². The van der Waals surface area contributed by atoms with Gasteiger partial charge in [0, 0.05) is 18.2 Å². The molecule has 4 aliphatic rings. The number of carbonyl (C=O) groups is 1. The van der Waals surface area contributed by atoms with Crippen LogP contribution in [0.25, 0.3) is 6.08 Å². The van der Waals surface area contributed by atoms with E-state index in [-0.39, 0.29) is 11.5 Å². The number of Topliss-reactive ketones (excluding diaryl/α,β-unsaturated/α-hetero) is 1. The Labute approximate surface area is 174 Å². The van der Waals surface area contributed by atoms with Gasteiger partial charge in [0.15, 0.2) is 5.78 Å². The Morgan fingerprint density at radius 2 is 2.03 bits per heavy atom. The summed E-state index contributed by atoms with van der Waals surface area (Å²) in [5.41, 5.74) is 2.10. The van der Waals surface area contributed by atoms with Gasteiger partial charge in [-0.1, -0.05) is 13.8 Å². The molecule has 5 rings (SSSR count). The third-order valence-corrected chi connectivity index (χ3v) is 9.59. The zero-order chi connectivity index (χ0) is 20.4. The SMILES string of the molecule is CCn1ccc(/C=C2\C[C@@H]3[C@H]4CC[C@H]5C[C@@H](O)CC[C@]5(C)[C@@H]4CC[C@]3(C)C2=O)n1. The maximum absolute atomic E-state index is 13.5. The lowest BCUT2D eigenvalue weighted by atomic mass is 9.45. The second-order valence-corrected chi connectivity index (χ2v) is 10.8. The fraction of sp³-hybridized carbons (Fsp3) is 0.760. The maximum atomic E-state index is 13.5. The number of hydrogen-bond acceptors (Lipinski definition) is 3. The van der Waals surface area contributed by atoms with Gasteiger partial charge < -0.3 is 5.11 Å². The first-order valence-electron chi connectivity index (χ1n) is 11.8. The summed E-state index contributed by atoms with van der Waals surface area (Å²) in [4.78, 5) is 13.5. The van der Waals surface area contributed by atoms with E-state index < -0.39 is 0 Å². The van der Waals surface area contributed by atoms with E-state index in [9.17, 15) is 9.90 Å². The zero-order valence-electron chi connectivity index (χ0n) is 18.2. The van der Waals surface area contributed by atoms with Crippen LogP contribution in [0.15, 0.2) is 17.8 Å². The van der Waals surface area contributed by atoms with Crippen LogP contribution in [-0.4, -0.2) is 26.8 Å². The van der Waals surface area contributed by atoms with Gasteiger partial charge in [-0.25, -0.2) is 0 Å². The van der Waals surface area contributed by atoms with Gasteiger partial charge in [-0.05, 0) is 105 Å². The van der Waals surface area contributed by atoms with Crippen molar-refractivity contribution in [3.05, 3.63) is 23.5 Å². The van der Waals surface area contributed by atoms with Crippen LogP contribution in [0, 0.1) is 34.5 Å². The fourth-order valence-electron chi connectivity index (χ4n) is 7.84. The molecular weight excluding hydrogens is 360 g/mol. The lowest BCUT2D eigenvalue weighted by molar-refractivity contribution is -0.141. The van der Waals surface area contributed by atoms with Crippen molar-refractivity contribution < 1.29 is 9.90 Å². The standard InChI is InChI=1S/C25H36N2O2/c1-4-27-12-9-18(26-27)13-16-14-22-20-6-5-17-15-19(28)7-10-24(17,2)21(20)8-11-25(22,3)23(16)29/h9,12-13,17,19-22,28H,4-8,10-11,14-15H2,1-3H3/b16-13+/t17-,19-,20-,21+,22+,24-,25-/m0/s1. The molecule has 0 aliphatic heterocycles. The Morgan fingerprint density at radius 3 is 2.79 bits per heavy atom. The van der Waals surface area contributed by atoms with Crippen LogP contribution in [0.2, 0.25) is 0 Å². The summed E-state index contributed by atoms with van der Waals surface area (Å²) in [6, 6.07) is 2.02. The van der Waals surface area contributed by atoms with Crippen molar-refractivity contribution in [2.24, 2.45) is 34.5 Å². The normalized spacial score (nSPS) is 45.7. The third-order valence-electron chi connectivity index (χ3n) is 9.59. The van der Waals surface area contributed by atoms with Gasteiger partial charge >= 0.3 is 0 Å². The molecule has 4 heteroatoms. The van der Waals surface area contributed by atoms with E-state index >= 15 is 0 Å². The molecule has 1 aromatic heterocycles. The summed E-state index contributed by atoms with van der Waals surface area (Å²) >= 11 is 0. The lowest BCUT2D eigenvalue weighted by Gasteiger charge is -2.59. The van der Waals surface area contributed by atoms with E-state index in [2.05, 4.69) is 31.9 Å². The quantitative estimate of drug-likeness (QED) is 0.726. The van der Waals surface area contributed by atoms with Gasteiger partial charge in [0.25, 0.3) is 0 Å². The van der Waals surface area contributed by atoms with E-state index in [4.69, 9.17) is 0 Å². The summed E-state index contributed by atoms with van der Waals surface area (Å²) in [6.07, 6.45) is 12.7. The molecule has 1 N–H and O–H groups in total. The molecule has 0 bridgehead atoms. The first kappa shape index (κ1) is 19.5. The van der Waals surface area contributed by atoms with Crippen molar-refractivity contribution in [1.29, 1.82) is 0 Å². The largest absolute Gasteiger partial charge is 0.393 e. The Bertz CT molecular complexity index is 842. The molecule has 7 atom stereocenters. The number of aliphatic hydroxyl groups excluding tert-OH is 1. The molecule has 0 saturated heterocycles. The van der Waals surface area contributed by atoms with E-state index in [0.717, 1.165) is 55.8 Å². The predicted octanol–water partition coefficient (Wildman–Crippen LogP) is 4.87. The van der Waals surface area contributed by atoms with Crippen LogP contribution in [0.4, 0.5) is 0 Å². The van der Waals surface area contributed by atoms with E-state index in [1.165, 1.54) is 19.3 Å². The molecule has 4 saturated carbocycles. The number of aliphatic hydroxyl groups is 1. The number of rotatable bonds is 2. The highest BCUT2D eigenvalue weighted by Crippen LogP contribution is 2.66. The van der Waals surface area contributed by atoms with E-state index in [1.807, 2.05) is 16.9 Å². The predicted molar refractivity (Wildman–Crippen MR) is 114 cm³/mol. The highest BCUT2D eigenvalue weighted by Gasteiger charge is 2.61. The molecule has 4 nitrogen and oxygen atoms in total. The highest BCUT2D eigenvalue weighted by molar-refractivity contribution is 6.05. The van der Waals surface area contributed by atoms with Crippen LogP contribution < -0.4 is 0 Å². The monoisotopic (exact) mass is 396 g/mol.